The van der Waals surface area contributed by atoms with Crippen LogP contribution in [0, 0.1) is 0 Å². The molecule has 2 N–H and O–H groups in total. The lowest BCUT2D eigenvalue weighted by Gasteiger charge is -2.23. The zero-order valence-electron chi connectivity index (χ0n) is 14.7. The smallest absolute Gasteiger partial charge is 0.257 e. The number of benzene rings is 1. The summed E-state index contributed by atoms with van der Waals surface area (Å²) >= 11 is 0. The number of nitrogens with zero attached hydrogens (tertiary/aromatic N) is 2. The van der Waals surface area contributed by atoms with E-state index in [1.807, 2.05) is 37.4 Å². The van der Waals surface area contributed by atoms with Gasteiger partial charge in [-0.2, -0.15) is 0 Å². The summed E-state index contributed by atoms with van der Waals surface area (Å²) in [6.07, 6.45) is 6.37. The zero-order valence-corrected chi connectivity index (χ0v) is 14.7. The van der Waals surface area contributed by atoms with Gasteiger partial charge in [0.05, 0.1) is 0 Å². The van der Waals surface area contributed by atoms with E-state index < -0.39 is 0 Å². The monoisotopic (exact) mass is 342 g/mol. The van der Waals surface area contributed by atoms with Gasteiger partial charge in [-0.1, -0.05) is 12.1 Å². The van der Waals surface area contributed by atoms with Crippen LogP contribution in [0.3, 0.4) is 0 Å². The Morgan fingerprint density at radius 2 is 2.20 bits per heavy atom. The van der Waals surface area contributed by atoms with Gasteiger partial charge in [0.2, 0.25) is 0 Å². The first kappa shape index (κ1) is 17.5. The number of ether oxygens (including phenoxy) is 1. The van der Waals surface area contributed by atoms with Crippen LogP contribution in [0.5, 0.6) is 5.75 Å². The second kappa shape index (κ2) is 8.67. The van der Waals surface area contributed by atoms with Gasteiger partial charge in [-0.3, -0.25) is 4.79 Å². The number of carbonyl (C=O) groups is 1. The van der Waals surface area contributed by atoms with Gasteiger partial charge < -0.3 is 19.9 Å². The molecule has 0 bridgehead atoms. The number of carbonyl (C=O) groups excluding carboxylic acids is 1. The van der Waals surface area contributed by atoms with Crippen molar-refractivity contribution in [1.82, 2.24) is 20.2 Å². The Kier molecular flexibility index (Phi) is 6.06. The molecule has 3 rings (SSSR count). The van der Waals surface area contributed by atoms with E-state index in [2.05, 4.69) is 26.4 Å². The molecule has 0 aliphatic carbocycles. The highest BCUT2D eigenvalue weighted by atomic mass is 16.5. The lowest BCUT2D eigenvalue weighted by molar-refractivity contribution is -0.122. The maximum Gasteiger partial charge on any atom is 0.257 e. The Hall–Kier alpha value is -2.34. The SMILES string of the molecule is CCNC(=O)COc1ccc(CNC[C@H]2CCCn3ccnc32)cc1. The van der Waals surface area contributed by atoms with Gasteiger partial charge in [0.25, 0.3) is 5.91 Å². The van der Waals surface area contributed by atoms with Crippen LogP contribution in [-0.2, 0) is 17.9 Å². The first-order valence-electron chi connectivity index (χ1n) is 8.96. The minimum Gasteiger partial charge on any atom is -0.484 e. The lowest BCUT2D eigenvalue weighted by Crippen LogP contribution is -2.28. The molecular formula is C19H26N4O2. The van der Waals surface area contributed by atoms with Crippen molar-refractivity contribution in [2.24, 2.45) is 0 Å². The summed E-state index contributed by atoms with van der Waals surface area (Å²) in [5, 5.41) is 6.24. The van der Waals surface area contributed by atoms with Crippen molar-refractivity contribution in [2.45, 2.75) is 38.8 Å². The normalized spacial score (nSPS) is 16.3. The molecule has 2 aromatic rings. The topological polar surface area (TPSA) is 68.2 Å². The van der Waals surface area contributed by atoms with Gasteiger partial charge in [0, 0.05) is 44.5 Å². The summed E-state index contributed by atoms with van der Waals surface area (Å²) < 4.78 is 7.72. The molecule has 2 heterocycles. The first-order chi connectivity index (χ1) is 12.3. The summed E-state index contributed by atoms with van der Waals surface area (Å²) in [6, 6.07) is 7.87. The molecule has 1 atom stereocenters. The molecule has 1 amide bonds. The Balaban J connectivity index is 1.43. The van der Waals surface area contributed by atoms with Gasteiger partial charge in [0.15, 0.2) is 6.61 Å². The standard InChI is InChI=1S/C19H26N4O2/c1-2-21-18(24)14-25-17-7-5-15(6-8-17)12-20-13-16-4-3-10-23-11-9-22-19(16)23/h5-9,11,16,20H,2-4,10,12-14H2,1H3,(H,21,24)/t16-/m1/s1. The molecule has 25 heavy (non-hydrogen) atoms. The third kappa shape index (κ3) is 4.82. The molecule has 0 saturated heterocycles. The molecule has 0 fully saturated rings. The summed E-state index contributed by atoms with van der Waals surface area (Å²) in [4.78, 5) is 15.9. The van der Waals surface area contributed by atoms with E-state index in [-0.39, 0.29) is 12.5 Å². The highest BCUT2D eigenvalue weighted by Gasteiger charge is 2.20. The van der Waals surface area contributed by atoms with Crippen LogP contribution < -0.4 is 15.4 Å². The fourth-order valence-electron chi connectivity index (χ4n) is 3.19. The molecule has 0 unspecified atom stereocenters. The Morgan fingerprint density at radius 3 is 3.00 bits per heavy atom. The summed E-state index contributed by atoms with van der Waals surface area (Å²) in [5.74, 6) is 2.31. The molecule has 6 heteroatoms. The van der Waals surface area contributed by atoms with E-state index in [0.29, 0.717) is 18.2 Å². The molecule has 6 nitrogen and oxygen atoms in total. The van der Waals surface area contributed by atoms with Crippen LogP contribution in [0.2, 0.25) is 0 Å². The van der Waals surface area contributed by atoms with Gasteiger partial charge in [-0.15, -0.1) is 0 Å². The highest BCUT2D eigenvalue weighted by molar-refractivity contribution is 5.77. The maximum atomic E-state index is 11.4. The second-order valence-electron chi connectivity index (χ2n) is 6.34. The van der Waals surface area contributed by atoms with Gasteiger partial charge in [0.1, 0.15) is 11.6 Å². The van der Waals surface area contributed by atoms with E-state index in [9.17, 15) is 4.79 Å². The van der Waals surface area contributed by atoms with Gasteiger partial charge in [-0.05, 0) is 37.5 Å². The number of amides is 1. The Bertz CT molecular complexity index is 681. The Labute approximate surface area is 148 Å². The molecule has 1 aromatic carbocycles. The van der Waals surface area contributed by atoms with Gasteiger partial charge in [-0.25, -0.2) is 4.98 Å². The summed E-state index contributed by atoms with van der Waals surface area (Å²) in [7, 11) is 0. The van der Waals surface area contributed by atoms with Crippen LogP contribution in [0.15, 0.2) is 36.7 Å². The number of hydrogen-bond acceptors (Lipinski definition) is 4. The fourth-order valence-corrected chi connectivity index (χ4v) is 3.19. The molecule has 0 saturated carbocycles. The number of aromatic nitrogens is 2. The van der Waals surface area contributed by atoms with E-state index in [1.165, 1.54) is 24.2 Å². The summed E-state index contributed by atoms with van der Waals surface area (Å²) in [5.41, 5.74) is 1.20. The van der Waals surface area contributed by atoms with Crippen molar-refractivity contribution < 1.29 is 9.53 Å². The molecule has 134 valence electrons. The average Bonchev–Trinajstić information content (AvgIpc) is 3.11. The molecule has 1 aliphatic heterocycles. The van der Waals surface area contributed by atoms with Crippen molar-refractivity contribution in [1.29, 1.82) is 0 Å². The largest absolute Gasteiger partial charge is 0.484 e. The number of imidazole rings is 1. The van der Waals surface area contributed by atoms with Crippen LogP contribution in [0.25, 0.3) is 0 Å². The van der Waals surface area contributed by atoms with Crippen molar-refractivity contribution in [2.75, 3.05) is 19.7 Å². The number of nitrogens with one attached hydrogen (secondary N) is 2. The van der Waals surface area contributed by atoms with Crippen molar-refractivity contribution in [3.8, 4) is 5.75 Å². The van der Waals surface area contributed by atoms with Crippen molar-refractivity contribution in [3.05, 3.63) is 48.0 Å². The van der Waals surface area contributed by atoms with E-state index in [0.717, 1.165) is 19.6 Å². The summed E-state index contributed by atoms with van der Waals surface area (Å²) in [6.45, 7) is 5.40. The molecule has 0 radical (unpaired) electrons. The quantitative estimate of drug-likeness (QED) is 0.771. The number of hydrogen-bond donors (Lipinski definition) is 2. The molecule has 1 aliphatic rings. The first-order valence-corrected chi connectivity index (χ1v) is 8.96. The van der Waals surface area contributed by atoms with Crippen LogP contribution in [-0.4, -0.2) is 35.2 Å². The highest BCUT2D eigenvalue weighted by Crippen LogP contribution is 2.24. The predicted molar refractivity (Wildman–Crippen MR) is 96.5 cm³/mol. The van der Waals surface area contributed by atoms with E-state index in [1.54, 1.807) is 0 Å². The van der Waals surface area contributed by atoms with Crippen LogP contribution >= 0.6 is 0 Å². The second-order valence-corrected chi connectivity index (χ2v) is 6.34. The number of aryl methyl sites for hydroxylation is 1. The van der Waals surface area contributed by atoms with Crippen LogP contribution in [0.1, 0.15) is 37.1 Å². The third-order valence-corrected chi connectivity index (χ3v) is 4.45. The Morgan fingerprint density at radius 1 is 1.36 bits per heavy atom. The van der Waals surface area contributed by atoms with E-state index >= 15 is 0 Å². The average molecular weight is 342 g/mol. The number of fused-ring (bicyclic) bond motifs is 1. The van der Waals surface area contributed by atoms with E-state index in [4.69, 9.17) is 4.74 Å². The number of rotatable bonds is 8. The predicted octanol–water partition coefficient (Wildman–Crippen LogP) is 2.07. The molecular weight excluding hydrogens is 316 g/mol. The van der Waals surface area contributed by atoms with Crippen molar-refractivity contribution in [3.63, 3.8) is 0 Å². The van der Waals surface area contributed by atoms with Crippen LogP contribution in [0.4, 0.5) is 0 Å². The third-order valence-electron chi connectivity index (χ3n) is 4.45. The maximum absolute atomic E-state index is 11.4. The molecule has 1 aromatic heterocycles. The number of likely N-dealkylation sites (N-methyl/N-ethyl adjacent to an activating group) is 1. The van der Waals surface area contributed by atoms with Crippen molar-refractivity contribution >= 4 is 5.91 Å². The minimum atomic E-state index is -0.0981. The zero-order chi connectivity index (χ0) is 17.5. The molecule has 0 spiro atoms. The van der Waals surface area contributed by atoms with Gasteiger partial charge >= 0.3 is 0 Å². The minimum absolute atomic E-state index is 0.0553. The fraction of sp³-hybridized carbons (Fsp3) is 0.474. The lowest BCUT2D eigenvalue weighted by atomic mass is 9.99.